The van der Waals surface area contributed by atoms with Crippen LogP contribution < -0.4 is 4.57 Å². The lowest BCUT2D eigenvalue weighted by atomic mass is 10.2. The molecule has 0 unspecified atom stereocenters. The summed E-state index contributed by atoms with van der Waals surface area (Å²) in [7, 11) is 0. The van der Waals surface area contributed by atoms with Gasteiger partial charge in [-0.3, -0.25) is 5.10 Å². The number of imidazole rings is 2. The molecule has 0 radical (unpaired) electrons. The molecular weight excluding hydrogens is 342 g/mol. The molecule has 6 heterocycles. The van der Waals surface area contributed by atoms with Gasteiger partial charge in [-0.15, -0.1) is 0 Å². The van der Waals surface area contributed by atoms with E-state index in [-0.39, 0.29) is 0 Å². The lowest BCUT2D eigenvalue weighted by molar-refractivity contribution is -0.601. The Kier molecular flexibility index (Phi) is 2.70. The zero-order chi connectivity index (χ0) is 17.8. The smallest absolute Gasteiger partial charge is 0.336 e. The molecule has 3 N–H and O–H groups in total. The maximum atomic E-state index is 4.67. The summed E-state index contributed by atoms with van der Waals surface area (Å²) < 4.78 is 1.91. The van der Waals surface area contributed by atoms with Crippen LogP contribution >= 0.6 is 0 Å². The fraction of sp³-hybridized carbons (Fsp3) is 0. The Labute approximate surface area is 151 Å². The van der Waals surface area contributed by atoms with Crippen LogP contribution in [-0.2, 0) is 0 Å². The molecule has 6 aromatic rings. The fourth-order valence-electron chi connectivity index (χ4n) is 3.15. The number of nitrogens with one attached hydrogen (secondary N) is 3. The molecule has 0 atom stereocenters. The van der Waals surface area contributed by atoms with E-state index in [1.165, 1.54) is 0 Å². The van der Waals surface area contributed by atoms with E-state index in [1.54, 1.807) is 18.6 Å². The van der Waals surface area contributed by atoms with Gasteiger partial charge in [-0.05, 0) is 24.3 Å². The van der Waals surface area contributed by atoms with Crippen LogP contribution in [0.25, 0.3) is 50.6 Å². The van der Waals surface area contributed by atoms with Crippen molar-refractivity contribution in [3.05, 3.63) is 55.2 Å². The number of nitrogens with zero attached hydrogens (tertiary/aromatic N) is 6. The second-order valence-corrected chi connectivity index (χ2v) is 6.20. The summed E-state index contributed by atoms with van der Waals surface area (Å²) in [6, 6.07) is 7.74. The minimum Gasteiger partial charge on any atom is -0.336 e. The number of H-pyrrole nitrogens is 3. The van der Waals surface area contributed by atoms with Crippen molar-refractivity contribution in [3.63, 3.8) is 0 Å². The van der Waals surface area contributed by atoms with Crippen LogP contribution in [0.15, 0.2) is 55.2 Å². The van der Waals surface area contributed by atoms with Gasteiger partial charge >= 0.3 is 5.95 Å². The molecule has 6 rings (SSSR count). The van der Waals surface area contributed by atoms with Crippen LogP contribution in [-0.4, -0.2) is 40.1 Å². The van der Waals surface area contributed by atoms with Crippen LogP contribution in [0, 0.1) is 0 Å². The Bertz CT molecular complexity index is 1410. The maximum absolute atomic E-state index is 4.67. The maximum Gasteiger partial charge on any atom is 0.403 e. The van der Waals surface area contributed by atoms with Crippen LogP contribution in [0.2, 0.25) is 0 Å². The van der Waals surface area contributed by atoms with Gasteiger partial charge in [0.05, 0.1) is 29.6 Å². The van der Waals surface area contributed by atoms with Crippen LogP contribution in [0.1, 0.15) is 0 Å². The molecule has 9 heteroatoms. The van der Waals surface area contributed by atoms with Crippen molar-refractivity contribution in [2.45, 2.75) is 0 Å². The van der Waals surface area contributed by atoms with Crippen molar-refractivity contribution < 1.29 is 4.57 Å². The Balaban J connectivity index is 1.46. The first-order valence-electron chi connectivity index (χ1n) is 8.35. The van der Waals surface area contributed by atoms with Crippen molar-refractivity contribution >= 4 is 33.2 Å². The molecule has 6 aromatic heterocycles. The monoisotopic (exact) mass is 354 g/mol. The van der Waals surface area contributed by atoms with Crippen LogP contribution in [0.4, 0.5) is 0 Å². The van der Waals surface area contributed by atoms with E-state index >= 15 is 0 Å². The number of rotatable bonds is 2. The van der Waals surface area contributed by atoms with Crippen molar-refractivity contribution in [3.8, 4) is 17.3 Å². The van der Waals surface area contributed by atoms with Crippen LogP contribution in [0.3, 0.4) is 0 Å². The quantitative estimate of drug-likeness (QED) is 0.412. The summed E-state index contributed by atoms with van der Waals surface area (Å²) in [4.78, 5) is 24.5. The normalized spacial score (nSPS) is 11.7. The zero-order valence-corrected chi connectivity index (χ0v) is 13.9. The van der Waals surface area contributed by atoms with Crippen molar-refractivity contribution in [1.29, 1.82) is 0 Å². The summed E-state index contributed by atoms with van der Waals surface area (Å²) in [5.74, 6) is 1.45. The topological polar surface area (TPSA) is 116 Å². The molecule has 128 valence electrons. The predicted octanol–water partition coefficient (Wildman–Crippen LogP) is 2.05. The van der Waals surface area contributed by atoms with E-state index in [9.17, 15) is 0 Å². The highest BCUT2D eigenvalue weighted by atomic mass is 15.2. The second-order valence-electron chi connectivity index (χ2n) is 6.20. The first kappa shape index (κ1) is 14.1. The van der Waals surface area contributed by atoms with Gasteiger partial charge in [0, 0.05) is 23.3 Å². The summed E-state index contributed by atoms with van der Waals surface area (Å²) in [6.45, 7) is 0. The SMILES string of the molecule is c1cnc2[nH]c(-[n+]3ccc4nc(-c5cnc6[nH]ncc6c5)[nH]c4c3)nc2c1. The number of hydrogen-bond acceptors (Lipinski definition) is 5. The highest BCUT2D eigenvalue weighted by molar-refractivity contribution is 5.82. The predicted molar refractivity (Wildman–Crippen MR) is 98.0 cm³/mol. The highest BCUT2D eigenvalue weighted by Gasteiger charge is 2.15. The Morgan fingerprint density at radius 2 is 1.93 bits per heavy atom. The van der Waals surface area contributed by atoms with Crippen molar-refractivity contribution in [2.75, 3.05) is 0 Å². The third kappa shape index (κ3) is 2.18. The molecule has 0 aromatic carbocycles. The van der Waals surface area contributed by atoms with E-state index < -0.39 is 0 Å². The molecule has 0 spiro atoms. The molecule has 0 fully saturated rings. The first-order valence-corrected chi connectivity index (χ1v) is 8.35. The van der Waals surface area contributed by atoms with Gasteiger partial charge in [0.1, 0.15) is 5.82 Å². The molecular formula is C18H12N9+. The van der Waals surface area contributed by atoms with Crippen molar-refractivity contribution in [2.24, 2.45) is 0 Å². The van der Waals surface area contributed by atoms with Gasteiger partial charge in [-0.25, -0.2) is 24.5 Å². The van der Waals surface area contributed by atoms with Gasteiger partial charge in [-0.1, -0.05) is 4.98 Å². The molecule has 0 aliphatic heterocycles. The molecule has 0 aliphatic carbocycles. The Morgan fingerprint density at radius 1 is 0.926 bits per heavy atom. The average Bonchev–Trinajstić information content (AvgIpc) is 3.42. The third-order valence-corrected chi connectivity index (χ3v) is 4.47. The Hall–Kier alpha value is -4.14. The highest BCUT2D eigenvalue weighted by Crippen LogP contribution is 2.21. The van der Waals surface area contributed by atoms with Gasteiger partial charge in [-0.2, -0.15) is 5.10 Å². The fourth-order valence-corrected chi connectivity index (χ4v) is 3.15. The molecule has 9 nitrogen and oxygen atoms in total. The Morgan fingerprint density at radius 3 is 2.89 bits per heavy atom. The third-order valence-electron chi connectivity index (χ3n) is 4.47. The summed E-state index contributed by atoms with van der Waals surface area (Å²) in [5.41, 5.74) is 5.00. The number of hydrogen-bond donors (Lipinski definition) is 3. The number of aromatic nitrogens is 9. The van der Waals surface area contributed by atoms with Gasteiger partial charge in [0.25, 0.3) is 0 Å². The average molecular weight is 354 g/mol. The second kappa shape index (κ2) is 5.18. The van der Waals surface area contributed by atoms with E-state index in [0.717, 1.165) is 44.6 Å². The lowest BCUT2D eigenvalue weighted by Gasteiger charge is -1.95. The standard InChI is InChI=1S/C18H11N9/c1-2-13-17(19-4-1)25-18(24-13)27-5-3-12-14(9-27)23-16(22-12)10-6-11-8-21-26-15(11)20-7-10/h1-9H,(H2,19,20,21,23,24,25,26)/p+1. The van der Waals surface area contributed by atoms with E-state index in [0.29, 0.717) is 5.95 Å². The van der Waals surface area contributed by atoms with E-state index in [1.807, 2.05) is 41.2 Å². The lowest BCUT2D eigenvalue weighted by Crippen LogP contribution is -2.31. The minimum absolute atomic E-state index is 0.697. The van der Waals surface area contributed by atoms with Gasteiger partial charge < -0.3 is 4.98 Å². The first-order chi connectivity index (χ1) is 13.3. The van der Waals surface area contributed by atoms with Crippen molar-refractivity contribution in [1.82, 2.24) is 40.1 Å². The van der Waals surface area contributed by atoms with E-state index in [4.69, 9.17) is 0 Å². The summed E-state index contributed by atoms with van der Waals surface area (Å²) in [6.07, 6.45) is 9.13. The molecule has 27 heavy (non-hydrogen) atoms. The molecule has 0 aliphatic rings. The summed E-state index contributed by atoms with van der Waals surface area (Å²) in [5, 5.41) is 7.80. The number of fused-ring (bicyclic) bond motifs is 3. The zero-order valence-electron chi connectivity index (χ0n) is 13.9. The molecule has 0 saturated carbocycles. The molecule has 0 bridgehead atoms. The van der Waals surface area contributed by atoms with E-state index in [2.05, 4.69) is 40.1 Å². The largest absolute Gasteiger partial charge is 0.403 e. The molecule has 0 saturated heterocycles. The van der Waals surface area contributed by atoms with Crippen LogP contribution in [0.5, 0.6) is 0 Å². The number of aromatic amines is 3. The minimum atomic E-state index is 0.697. The number of pyridine rings is 3. The summed E-state index contributed by atoms with van der Waals surface area (Å²) >= 11 is 0. The molecule has 0 amide bonds. The van der Waals surface area contributed by atoms with Gasteiger partial charge in [0.2, 0.25) is 11.2 Å². The van der Waals surface area contributed by atoms with Gasteiger partial charge in [0.15, 0.2) is 5.65 Å².